The Kier molecular flexibility index (Phi) is 5.85. The molecule has 6 heteroatoms. The molecule has 1 unspecified atom stereocenters. The molecule has 148 valence electrons. The van der Waals surface area contributed by atoms with E-state index in [-0.39, 0.29) is 24.2 Å². The molecule has 0 aliphatic carbocycles. The van der Waals surface area contributed by atoms with E-state index in [0.717, 1.165) is 27.1 Å². The Morgan fingerprint density at radius 3 is 2.72 bits per heavy atom. The molecular formula is C23H21NO3S2. The molecule has 0 saturated carbocycles. The number of fused-ring (bicyclic) bond motifs is 2. The van der Waals surface area contributed by atoms with Crippen LogP contribution in [0.2, 0.25) is 0 Å². The molecular weight excluding hydrogens is 402 g/mol. The van der Waals surface area contributed by atoms with Crippen molar-refractivity contribution in [1.82, 2.24) is 0 Å². The Morgan fingerprint density at radius 2 is 1.86 bits per heavy atom. The van der Waals surface area contributed by atoms with Gasteiger partial charge in [-0.15, -0.1) is 11.8 Å². The molecule has 0 fully saturated rings. The lowest BCUT2D eigenvalue weighted by atomic mass is 9.79. The van der Waals surface area contributed by atoms with E-state index in [0.29, 0.717) is 12.0 Å². The third-order valence-electron chi connectivity index (χ3n) is 5.26. The van der Waals surface area contributed by atoms with Crippen molar-refractivity contribution in [3.05, 3.63) is 72.3 Å². The lowest BCUT2D eigenvalue weighted by Crippen LogP contribution is -2.40. The van der Waals surface area contributed by atoms with E-state index in [1.807, 2.05) is 66.7 Å². The first kappa shape index (κ1) is 19.9. The molecule has 0 spiro atoms. The second kappa shape index (κ2) is 8.53. The number of hydrogen-bond acceptors (Lipinski definition) is 5. The summed E-state index contributed by atoms with van der Waals surface area (Å²) in [4.78, 5) is 14.2. The minimum Gasteiger partial charge on any atom is -0.470 e. The smallest absolute Gasteiger partial charge is 0.261 e. The quantitative estimate of drug-likeness (QED) is 0.582. The normalized spacial score (nSPS) is 18.7. The van der Waals surface area contributed by atoms with Crippen LogP contribution in [-0.2, 0) is 4.74 Å². The molecule has 0 aromatic heterocycles. The van der Waals surface area contributed by atoms with Crippen molar-refractivity contribution >= 4 is 51.4 Å². The summed E-state index contributed by atoms with van der Waals surface area (Å²) < 4.78 is 5.80. The van der Waals surface area contributed by atoms with Gasteiger partial charge in [0.15, 0.2) is 5.78 Å². The predicted molar refractivity (Wildman–Crippen MR) is 122 cm³/mol. The van der Waals surface area contributed by atoms with Crippen LogP contribution in [0.4, 0.5) is 5.69 Å². The third kappa shape index (κ3) is 4.01. The summed E-state index contributed by atoms with van der Waals surface area (Å²) >= 11 is 7.02. The highest BCUT2D eigenvalue weighted by Crippen LogP contribution is 2.38. The molecule has 2 N–H and O–H groups in total. The van der Waals surface area contributed by atoms with Crippen molar-refractivity contribution in [3.8, 4) is 0 Å². The van der Waals surface area contributed by atoms with Crippen LogP contribution >= 0.6 is 24.0 Å². The largest absolute Gasteiger partial charge is 0.470 e. The number of aliphatic hydroxyl groups is 1. The highest BCUT2D eigenvalue weighted by Gasteiger charge is 2.42. The molecule has 3 aromatic carbocycles. The SMILES string of the molecule is O=C1c2ccccc2SCCC1(CO)COC(=S)Nc1cccc2ccccc12. The Balaban J connectivity index is 1.51. The van der Waals surface area contributed by atoms with Crippen molar-refractivity contribution in [1.29, 1.82) is 0 Å². The minimum absolute atomic E-state index is 0.0355. The van der Waals surface area contributed by atoms with Gasteiger partial charge in [0.1, 0.15) is 6.61 Å². The van der Waals surface area contributed by atoms with Gasteiger partial charge in [-0.25, -0.2) is 0 Å². The van der Waals surface area contributed by atoms with Gasteiger partial charge in [0.2, 0.25) is 0 Å². The Morgan fingerprint density at radius 1 is 1.10 bits per heavy atom. The van der Waals surface area contributed by atoms with Gasteiger partial charge in [-0.2, -0.15) is 0 Å². The van der Waals surface area contributed by atoms with E-state index in [2.05, 4.69) is 5.32 Å². The number of thiocarbonyl (C=S) groups is 1. The number of ether oxygens (including phenoxy) is 1. The lowest BCUT2D eigenvalue weighted by Gasteiger charge is -2.29. The maximum atomic E-state index is 13.2. The maximum Gasteiger partial charge on any atom is 0.261 e. The van der Waals surface area contributed by atoms with Gasteiger partial charge in [0.05, 0.1) is 12.0 Å². The van der Waals surface area contributed by atoms with Gasteiger partial charge in [-0.05, 0) is 41.9 Å². The average molecular weight is 424 g/mol. The molecule has 4 rings (SSSR count). The highest BCUT2D eigenvalue weighted by atomic mass is 32.2. The van der Waals surface area contributed by atoms with Crippen molar-refractivity contribution < 1.29 is 14.6 Å². The van der Waals surface area contributed by atoms with Gasteiger partial charge >= 0.3 is 0 Å². The second-order valence-corrected chi connectivity index (χ2v) is 8.60. The van der Waals surface area contributed by atoms with Crippen LogP contribution in [0.1, 0.15) is 16.8 Å². The molecule has 0 amide bonds. The average Bonchev–Trinajstić information content (AvgIpc) is 2.90. The first-order valence-corrected chi connectivity index (χ1v) is 10.8. The van der Waals surface area contributed by atoms with Crippen LogP contribution in [0.3, 0.4) is 0 Å². The first-order valence-electron chi connectivity index (χ1n) is 9.42. The Bertz CT molecular complexity index is 1060. The van der Waals surface area contributed by atoms with Crippen molar-refractivity contribution in [3.63, 3.8) is 0 Å². The summed E-state index contributed by atoms with van der Waals surface area (Å²) in [5, 5.41) is 15.6. The van der Waals surface area contributed by atoms with E-state index in [4.69, 9.17) is 17.0 Å². The first-order chi connectivity index (χ1) is 14.1. The monoisotopic (exact) mass is 423 g/mol. The van der Waals surface area contributed by atoms with E-state index in [1.54, 1.807) is 11.8 Å². The van der Waals surface area contributed by atoms with Crippen LogP contribution in [-0.4, -0.2) is 35.0 Å². The summed E-state index contributed by atoms with van der Waals surface area (Å²) in [7, 11) is 0. The molecule has 0 saturated heterocycles. The molecule has 1 atom stereocenters. The summed E-state index contributed by atoms with van der Waals surface area (Å²) in [6.45, 7) is -0.245. The number of benzene rings is 3. The van der Waals surface area contributed by atoms with Gasteiger partial charge in [-0.1, -0.05) is 54.6 Å². The third-order valence-corrected chi connectivity index (χ3v) is 6.56. The topological polar surface area (TPSA) is 58.6 Å². The number of hydrogen-bond donors (Lipinski definition) is 2. The van der Waals surface area contributed by atoms with Crippen LogP contribution < -0.4 is 5.32 Å². The van der Waals surface area contributed by atoms with Gasteiger partial charge in [-0.3, -0.25) is 4.79 Å². The minimum atomic E-state index is -0.996. The molecule has 29 heavy (non-hydrogen) atoms. The molecule has 1 heterocycles. The summed E-state index contributed by atoms with van der Waals surface area (Å²) in [6, 6.07) is 21.4. The molecule has 4 nitrogen and oxygen atoms in total. The molecule has 0 radical (unpaired) electrons. The maximum absolute atomic E-state index is 13.2. The zero-order valence-electron chi connectivity index (χ0n) is 15.8. The summed E-state index contributed by atoms with van der Waals surface area (Å²) in [6.07, 6.45) is 0.526. The number of anilines is 1. The fraction of sp³-hybridized carbons (Fsp3) is 0.217. The molecule has 0 bridgehead atoms. The number of rotatable bonds is 4. The Labute approximate surface area is 179 Å². The molecule has 1 aliphatic rings. The molecule has 3 aromatic rings. The van der Waals surface area contributed by atoms with E-state index in [9.17, 15) is 9.90 Å². The van der Waals surface area contributed by atoms with Crippen molar-refractivity contribution in [2.75, 3.05) is 24.3 Å². The highest BCUT2D eigenvalue weighted by molar-refractivity contribution is 7.99. The van der Waals surface area contributed by atoms with Crippen molar-refractivity contribution in [2.45, 2.75) is 11.3 Å². The number of carbonyl (C=O) groups is 1. The van der Waals surface area contributed by atoms with Crippen molar-refractivity contribution in [2.24, 2.45) is 5.41 Å². The van der Waals surface area contributed by atoms with Crippen LogP contribution in [0.25, 0.3) is 10.8 Å². The number of nitrogens with one attached hydrogen (secondary N) is 1. The number of aliphatic hydroxyl groups excluding tert-OH is 1. The zero-order chi connectivity index (χ0) is 20.3. The summed E-state index contributed by atoms with van der Waals surface area (Å²) in [5.41, 5.74) is 0.490. The van der Waals surface area contributed by atoms with Gasteiger partial charge in [0, 0.05) is 21.5 Å². The van der Waals surface area contributed by atoms with E-state index >= 15 is 0 Å². The number of thioether (sulfide) groups is 1. The number of ketones is 1. The Hall–Kier alpha value is -2.41. The second-order valence-electron chi connectivity index (χ2n) is 7.09. The lowest BCUT2D eigenvalue weighted by molar-refractivity contribution is 0.0431. The van der Waals surface area contributed by atoms with Gasteiger partial charge < -0.3 is 15.2 Å². The fourth-order valence-electron chi connectivity index (χ4n) is 3.55. The van der Waals surface area contributed by atoms with Gasteiger partial charge in [0.25, 0.3) is 5.17 Å². The summed E-state index contributed by atoms with van der Waals surface area (Å²) in [5.74, 6) is 0.643. The fourth-order valence-corrected chi connectivity index (χ4v) is 4.93. The predicted octanol–water partition coefficient (Wildman–Crippen LogP) is 4.91. The van der Waals surface area contributed by atoms with Crippen LogP contribution in [0.5, 0.6) is 0 Å². The zero-order valence-corrected chi connectivity index (χ0v) is 17.4. The standard InChI is InChI=1S/C23H21NO3S2/c25-14-23(12-13-29-20-11-4-3-9-18(20)21(23)26)15-27-22(28)24-19-10-5-7-16-6-1-2-8-17(16)19/h1-11,25H,12-15H2,(H,24,28). The van der Waals surface area contributed by atoms with Crippen LogP contribution in [0, 0.1) is 5.41 Å². The number of Topliss-reactive ketones (excluding diaryl/α,β-unsaturated/α-hetero) is 1. The van der Waals surface area contributed by atoms with Crippen LogP contribution in [0.15, 0.2) is 71.6 Å². The van der Waals surface area contributed by atoms with E-state index < -0.39 is 5.41 Å². The molecule has 1 aliphatic heterocycles. The number of carbonyl (C=O) groups excluding carboxylic acids is 1. The van der Waals surface area contributed by atoms with E-state index in [1.165, 1.54) is 0 Å².